The summed E-state index contributed by atoms with van der Waals surface area (Å²) in [7, 11) is 0.128. The number of benzene rings is 6. The molecule has 0 fully saturated rings. The highest BCUT2D eigenvalue weighted by molar-refractivity contribution is 6.20. The summed E-state index contributed by atoms with van der Waals surface area (Å²) in [5.74, 6) is 1.51. The summed E-state index contributed by atoms with van der Waals surface area (Å²) in [5, 5.41) is 0. The van der Waals surface area contributed by atoms with E-state index in [4.69, 9.17) is 9.31 Å². The number of hydrogen-bond acceptors (Lipinski definition) is 2. The third kappa shape index (κ3) is 7.41. The smallest absolute Gasteiger partial charge is 0.529 e. The maximum atomic E-state index is 5.89. The molecule has 0 N–H and O–H groups in total. The molecule has 206 valence electrons. The maximum absolute atomic E-state index is 5.89. The van der Waals surface area contributed by atoms with Gasteiger partial charge < -0.3 is 9.31 Å². The average molecular weight is 554 g/mol. The van der Waals surface area contributed by atoms with E-state index in [9.17, 15) is 0 Å². The second-order valence-electron chi connectivity index (χ2n) is 10.1. The summed E-state index contributed by atoms with van der Waals surface area (Å²) in [6, 6.07) is 58.0. The van der Waals surface area contributed by atoms with Gasteiger partial charge in [0.2, 0.25) is 0 Å². The van der Waals surface area contributed by atoms with Crippen LogP contribution in [0.2, 0.25) is 0 Å². The molecule has 0 saturated carbocycles. The predicted molar refractivity (Wildman–Crippen MR) is 181 cm³/mol. The standard InChI is InChI=1S/C40H31BO2/c1-5-13-33(14-6-1)39(34-15-7-2-8-16-34)29-31-21-25-37(26-22-31)42-41-43-38-27-23-32(24-28-38)30-40(35-17-9-3-10-18-35)36-19-11-4-12-20-36/h1-30,41H. The van der Waals surface area contributed by atoms with Crippen molar-refractivity contribution in [3.8, 4) is 11.5 Å². The molecular formula is C40H31BO2. The topological polar surface area (TPSA) is 18.5 Å². The largest absolute Gasteiger partial charge is 0.576 e. The van der Waals surface area contributed by atoms with Crippen LogP contribution in [0.5, 0.6) is 11.5 Å². The third-order valence-electron chi connectivity index (χ3n) is 7.17. The van der Waals surface area contributed by atoms with Crippen LogP contribution in [0.4, 0.5) is 0 Å². The van der Waals surface area contributed by atoms with E-state index in [0.717, 1.165) is 22.6 Å². The molecule has 0 bridgehead atoms. The highest BCUT2D eigenvalue weighted by Gasteiger charge is 2.07. The Balaban J connectivity index is 1.10. The van der Waals surface area contributed by atoms with Gasteiger partial charge in [-0.2, -0.15) is 0 Å². The fraction of sp³-hybridized carbons (Fsp3) is 0. The van der Waals surface area contributed by atoms with Crippen molar-refractivity contribution in [3.63, 3.8) is 0 Å². The molecule has 0 spiro atoms. The quantitative estimate of drug-likeness (QED) is 0.124. The van der Waals surface area contributed by atoms with Crippen LogP contribution in [-0.4, -0.2) is 7.69 Å². The Morgan fingerprint density at radius 1 is 0.349 bits per heavy atom. The van der Waals surface area contributed by atoms with Gasteiger partial charge in [-0.05, 0) is 80.9 Å². The van der Waals surface area contributed by atoms with Crippen molar-refractivity contribution in [1.29, 1.82) is 0 Å². The van der Waals surface area contributed by atoms with E-state index < -0.39 is 0 Å². The Morgan fingerprint density at radius 2 is 0.628 bits per heavy atom. The summed E-state index contributed by atoms with van der Waals surface area (Å²) in [6.07, 6.45) is 4.42. The van der Waals surface area contributed by atoms with Gasteiger partial charge in [0.1, 0.15) is 11.5 Å². The van der Waals surface area contributed by atoms with Crippen LogP contribution < -0.4 is 9.31 Å². The van der Waals surface area contributed by atoms with E-state index in [1.54, 1.807) is 0 Å². The van der Waals surface area contributed by atoms with Crippen molar-refractivity contribution >= 4 is 31.0 Å². The number of hydrogen-bond donors (Lipinski definition) is 0. The van der Waals surface area contributed by atoms with Crippen molar-refractivity contribution < 1.29 is 9.31 Å². The van der Waals surface area contributed by atoms with E-state index in [1.165, 1.54) is 33.4 Å². The van der Waals surface area contributed by atoms with Gasteiger partial charge in [0.25, 0.3) is 0 Å². The summed E-state index contributed by atoms with van der Waals surface area (Å²) in [5.41, 5.74) is 9.28. The lowest BCUT2D eigenvalue weighted by Gasteiger charge is -2.11. The van der Waals surface area contributed by atoms with Crippen molar-refractivity contribution in [2.24, 2.45) is 0 Å². The van der Waals surface area contributed by atoms with Crippen LogP contribution in [-0.2, 0) is 0 Å². The fourth-order valence-electron chi connectivity index (χ4n) is 4.96. The first-order valence-electron chi connectivity index (χ1n) is 14.4. The lowest BCUT2D eigenvalue weighted by atomic mass is 9.96. The first-order chi connectivity index (χ1) is 21.3. The summed E-state index contributed by atoms with van der Waals surface area (Å²) < 4.78 is 11.8. The second kappa shape index (κ2) is 13.9. The van der Waals surface area contributed by atoms with Crippen LogP contribution in [0.1, 0.15) is 33.4 Å². The molecule has 6 aromatic rings. The Labute approximate surface area is 254 Å². The minimum atomic E-state index is 0.128. The highest BCUT2D eigenvalue weighted by atomic mass is 16.6. The van der Waals surface area contributed by atoms with Gasteiger partial charge in [0.15, 0.2) is 0 Å². The minimum Gasteiger partial charge on any atom is -0.529 e. The van der Waals surface area contributed by atoms with Crippen LogP contribution >= 0.6 is 0 Å². The monoisotopic (exact) mass is 554 g/mol. The van der Waals surface area contributed by atoms with Crippen LogP contribution in [0, 0.1) is 0 Å². The minimum absolute atomic E-state index is 0.128. The van der Waals surface area contributed by atoms with Gasteiger partial charge in [-0.25, -0.2) is 0 Å². The molecule has 0 aliphatic rings. The van der Waals surface area contributed by atoms with E-state index >= 15 is 0 Å². The Kier molecular flexibility index (Phi) is 8.92. The molecule has 0 aliphatic carbocycles. The average Bonchev–Trinajstić information content (AvgIpc) is 3.09. The van der Waals surface area contributed by atoms with E-state index in [2.05, 4.69) is 133 Å². The lowest BCUT2D eigenvalue weighted by Crippen LogP contribution is -2.10. The molecule has 0 unspecified atom stereocenters. The molecule has 6 aromatic carbocycles. The molecular weight excluding hydrogens is 523 g/mol. The van der Waals surface area contributed by atoms with Gasteiger partial charge in [0.05, 0.1) is 0 Å². The molecule has 43 heavy (non-hydrogen) atoms. The fourth-order valence-corrected chi connectivity index (χ4v) is 4.96. The van der Waals surface area contributed by atoms with E-state index in [1.807, 2.05) is 48.5 Å². The molecule has 0 atom stereocenters. The zero-order chi connectivity index (χ0) is 29.1. The van der Waals surface area contributed by atoms with Crippen LogP contribution in [0.3, 0.4) is 0 Å². The van der Waals surface area contributed by atoms with Crippen molar-refractivity contribution in [2.45, 2.75) is 0 Å². The summed E-state index contributed by atoms with van der Waals surface area (Å²) in [6.45, 7) is 0. The molecule has 0 saturated heterocycles. The zero-order valence-corrected chi connectivity index (χ0v) is 23.8. The normalized spacial score (nSPS) is 10.3. The Bertz CT molecular complexity index is 1560. The lowest BCUT2D eigenvalue weighted by molar-refractivity contribution is 0.459. The third-order valence-corrected chi connectivity index (χ3v) is 7.17. The number of rotatable bonds is 10. The summed E-state index contributed by atoms with van der Waals surface area (Å²) >= 11 is 0. The van der Waals surface area contributed by atoms with Gasteiger partial charge in [-0.15, -0.1) is 0 Å². The SMILES string of the molecule is B(Oc1ccc(C=C(c2ccccc2)c2ccccc2)cc1)Oc1ccc(C=C(c2ccccc2)c2ccccc2)cc1. The van der Waals surface area contributed by atoms with Gasteiger partial charge in [-0.1, -0.05) is 146 Å². The molecule has 0 heterocycles. The Morgan fingerprint density at radius 3 is 0.907 bits per heavy atom. The van der Waals surface area contributed by atoms with Crippen LogP contribution in [0.15, 0.2) is 170 Å². The van der Waals surface area contributed by atoms with Crippen molar-refractivity contribution in [2.75, 3.05) is 0 Å². The first-order valence-corrected chi connectivity index (χ1v) is 14.4. The second-order valence-corrected chi connectivity index (χ2v) is 10.1. The molecule has 2 nitrogen and oxygen atoms in total. The molecule has 0 radical (unpaired) electrons. The molecule has 3 heteroatoms. The highest BCUT2D eigenvalue weighted by Crippen LogP contribution is 2.28. The van der Waals surface area contributed by atoms with E-state index in [-0.39, 0.29) is 7.69 Å². The molecule has 6 rings (SSSR count). The van der Waals surface area contributed by atoms with E-state index in [0.29, 0.717) is 0 Å². The predicted octanol–water partition coefficient (Wildman–Crippen LogP) is 9.59. The maximum Gasteiger partial charge on any atom is 0.576 e. The molecule has 0 aromatic heterocycles. The first kappa shape index (κ1) is 27.6. The van der Waals surface area contributed by atoms with Crippen molar-refractivity contribution in [3.05, 3.63) is 203 Å². The van der Waals surface area contributed by atoms with Crippen molar-refractivity contribution in [1.82, 2.24) is 0 Å². The Hall–Kier alpha value is -5.54. The zero-order valence-electron chi connectivity index (χ0n) is 23.8. The molecule has 0 amide bonds. The van der Waals surface area contributed by atoms with Gasteiger partial charge >= 0.3 is 7.69 Å². The van der Waals surface area contributed by atoms with Gasteiger partial charge in [-0.3, -0.25) is 0 Å². The van der Waals surface area contributed by atoms with Crippen LogP contribution in [0.25, 0.3) is 23.3 Å². The molecule has 0 aliphatic heterocycles. The summed E-state index contributed by atoms with van der Waals surface area (Å²) in [4.78, 5) is 0. The van der Waals surface area contributed by atoms with Gasteiger partial charge in [0, 0.05) is 0 Å².